The number of aromatic nitrogens is 3. The molecule has 0 radical (unpaired) electrons. The van der Waals surface area contributed by atoms with Crippen LogP contribution in [0.5, 0.6) is 0 Å². The number of thiazole rings is 1. The zero-order valence-electron chi connectivity index (χ0n) is 9.64. The molecule has 0 aliphatic carbocycles. The van der Waals surface area contributed by atoms with E-state index in [4.69, 9.17) is 0 Å². The van der Waals surface area contributed by atoms with Crippen molar-refractivity contribution in [2.24, 2.45) is 0 Å². The summed E-state index contributed by atoms with van der Waals surface area (Å²) in [6, 6.07) is 7.60. The van der Waals surface area contributed by atoms with Gasteiger partial charge in [-0.3, -0.25) is 9.89 Å². The molecule has 2 heterocycles. The summed E-state index contributed by atoms with van der Waals surface area (Å²) in [4.78, 5) is 15.7. The zero-order valence-corrected chi connectivity index (χ0v) is 11.3. The average Bonchev–Trinajstić information content (AvgIpc) is 2.90. The number of nitrogens with zero attached hydrogens (tertiary/aromatic N) is 2. The summed E-state index contributed by atoms with van der Waals surface area (Å²) in [6.07, 6.45) is -4.58. The Kier molecular flexibility index (Phi) is 3.61. The Morgan fingerprint density at radius 2 is 1.95 bits per heavy atom. The summed E-state index contributed by atoms with van der Waals surface area (Å²) in [6.45, 7) is 0. The molecule has 0 saturated carbocycles. The zero-order chi connectivity index (χ0) is 13.6. The first-order valence-electron chi connectivity index (χ1n) is 5.20. The Labute approximate surface area is 120 Å². The number of hydrogen-bond donors (Lipinski definition) is 1. The number of nitrogens with one attached hydrogen (secondary N) is 1. The van der Waals surface area contributed by atoms with E-state index in [1.165, 1.54) is 0 Å². The van der Waals surface area contributed by atoms with Gasteiger partial charge in [-0.1, -0.05) is 23.5 Å². The maximum Gasteiger partial charge on any atom is 0.432 e. The van der Waals surface area contributed by atoms with Crippen LogP contribution >= 0.6 is 23.7 Å². The number of alkyl halides is 3. The fourth-order valence-corrected chi connectivity index (χ4v) is 2.57. The summed E-state index contributed by atoms with van der Waals surface area (Å²) in [7, 11) is 0. The largest absolute Gasteiger partial charge is 0.432 e. The number of halogens is 4. The Morgan fingerprint density at radius 1 is 1.25 bits per heavy atom. The van der Waals surface area contributed by atoms with Crippen LogP contribution in [-0.2, 0) is 6.18 Å². The molecule has 20 heavy (non-hydrogen) atoms. The normalized spacial score (nSPS) is 11.6. The number of hydrogen-bond acceptors (Lipinski definition) is 3. The molecule has 4 nitrogen and oxygen atoms in total. The van der Waals surface area contributed by atoms with E-state index in [2.05, 4.69) is 4.98 Å². The van der Waals surface area contributed by atoms with Crippen LogP contribution < -0.4 is 5.56 Å². The minimum absolute atomic E-state index is 0. The van der Waals surface area contributed by atoms with Gasteiger partial charge in [-0.05, 0) is 12.1 Å². The molecule has 3 aromatic rings. The highest BCUT2D eigenvalue weighted by Crippen LogP contribution is 2.28. The van der Waals surface area contributed by atoms with E-state index < -0.39 is 17.4 Å². The van der Waals surface area contributed by atoms with E-state index in [-0.39, 0.29) is 17.5 Å². The maximum atomic E-state index is 12.5. The molecule has 1 aromatic carbocycles. The van der Waals surface area contributed by atoms with E-state index in [0.717, 1.165) is 20.7 Å². The van der Waals surface area contributed by atoms with Crippen LogP contribution in [0.25, 0.3) is 15.3 Å². The molecule has 0 aliphatic heterocycles. The number of H-pyrrole nitrogens is 1. The molecule has 0 atom stereocenters. The minimum atomic E-state index is -4.58. The highest BCUT2D eigenvalue weighted by molar-refractivity contribution is 7.20. The first kappa shape index (κ1) is 14.6. The summed E-state index contributed by atoms with van der Waals surface area (Å²) in [5, 5.41) is 2.21. The van der Waals surface area contributed by atoms with Gasteiger partial charge in [0.1, 0.15) is 5.69 Å². The van der Waals surface area contributed by atoms with Crippen LogP contribution in [0.3, 0.4) is 0 Å². The summed E-state index contributed by atoms with van der Waals surface area (Å²) in [5.74, 6) is 0. The third kappa shape index (κ3) is 2.44. The molecule has 0 aliphatic rings. The van der Waals surface area contributed by atoms with Crippen LogP contribution in [0, 0.1) is 0 Å². The number of rotatable bonds is 1. The predicted molar refractivity (Wildman–Crippen MR) is 71.8 cm³/mol. The lowest BCUT2D eigenvalue weighted by Crippen LogP contribution is -2.13. The van der Waals surface area contributed by atoms with E-state index in [1.807, 2.05) is 5.10 Å². The van der Waals surface area contributed by atoms with Crippen molar-refractivity contribution in [3.05, 3.63) is 46.4 Å². The molecule has 9 heteroatoms. The van der Waals surface area contributed by atoms with E-state index in [9.17, 15) is 18.0 Å². The summed E-state index contributed by atoms with van der Waals surface area (Å²) < 4.78 is 39.1. The first-order valence-corrected chi connectivity index (χ1v) is 6.02. The summed E-state index contributed by atoms with van der Waals surface area (Å²) >= 11 is 1.14. The van der Waals surface area contributed by atoms with Crippen molar-refractivity contribution < 1.29 is 13.2 Å². The predicted octanol–water partition coefficient (Wildman–Crippen LogP) is 3.22. The quantitative estimate of drug-likeness (QED) is 0.748. The molecule has 0 bridgehead atoms. The van der Waals surface area contributed by atoms with Crippen molar-refractivity contribution in [3.8, 4) is 5.13 Å². The van der Waals surface area contributed by atoms with Gasteiger partial charge < -0.3 is 0 Å². The number of fused-ring (bicyclic) bond motifs is 1. The first-order chi connectivity index (χ1) is 8.95. The van der Waals surface area contributed by atoms with Crippen molar-refractivity contribution in [1.29, 1.82) is 0 Å². The van der Waals surface area contributed by atoms with Gasteiger partial charge in [0.2, 0.25) is 5.13 Å². The fraction of sp³-hybridized carbons (Fsp3) is 0.0909. The van der Waals surface area contributed by atoms with E-state index >= 15 is 0 Å². The van der Waals surface area contributed by atoms with E-state index in [0.29, 0.717) is 11.6 Å². The van der Waals surface area contributed by atoms with Gasteiger partial charge in [-0.25, -0.2) is 4.98 Å². The standard InChI is InChI=1S/C11H6F3N3OS.ClH/c12-11(13,14)8-5-9(18)17(16-8)10-15-6-3-1-2-4-7(6)19-10;/h1-5,16H;1H. The second-order valence-corrected chi connectivity index (χ2v) is 4.81. The number of para-hydroxylation sites is 1. The Bertz CT molecular complexity index is 772. The minimum Gasteiger partial charge on any atom is -0.284 e. The van der Waals surface area contributed by atoms with E-state index in [1.54, 1.807) is 24.3 Å². The van der Waals surface area contributed by atoms with Crippen molar-refractivity contribution >= 4 is 34.0 Å². The molecule has 3 rings (SSSR count). The molecule has 1 N–H and O–H groups in total. The van der Waals surface area contributed by atoms with Gasteiger partial charge in [0.15, 0.2) is 0 Å². The van der Waals surface area contributed by atoms with Crippen molar-refractivity contribution in [2.75, 3.05) is 0 Å². The molecule has 2 aromatic heterocycles. The number of aromatic amines is 1. The van der Waals surface area contributed by atoms with Gasteiger partial charge in [0.25, 0.3) is 5.56 Å². The Balaban J connectivity index is 0.00000147. The molecular weight excluding hydrogens is 315 g/mol. The third-order valence-electron chi connectivity index (χ3n) is 2.50. The van der Waals surface area contributed by atoms with Gasteiger partial charge in [-0.15, -0.1) is 12.4 Å². The topological polar surface area (TPSA) is 50.7 Å². The monoisotopic (exact) mass is 321 g/mol. The van der Waals surface area contributed by atoms with Gasteiger partial charge in [0, 0.05) is 6.07 Å². The lowest BCUT2D eigenvalue weighted by Gasteiger charge is -2.01. The molecule has 0 unspecified atom stereocenters. The average molecular weight is 322 g/mol. The maximum absolute atomic E-state index is 12.5. The van der Waals surface area contributed by atoms with Gasteiger partial charge in [-0.2, -0.15) is 17.9 Å². The highest BCUT2D eigenvalue weighted by Gasteiger charge is 2.34. The highest BCUT2D eigenvalue weighted by atomic mass is 35.5. The van der Waals surface area contributed by atoms with Crippen LogP contribution in [-0.4, -0.2) is 14.8 Å². The van der Waals surface area contributed by atoms with Gasteiger partial charge >= 0.3 is 6.18 Å². The van der Waals surface area contributed by atoms with Crippen LogP contribution in [0.4, 0.5) is 13.2 Å². The van der Waals surface area contributed by atoms with Crippen molar-refractivity contribution in [1.82, 2.24) is 14.8 Å². The lowest BCUT2D eigenvalue weighted by atomic mass is 10.3. The summed E-state index contributed by atoms with van der Waals surface area (Å²) in [5.41, 5.74) is -1.24. The SMILES string of the molecule is Cl.O=c1cc(C(F)(F)F)[nH]n1-c1nc2ccccc2s1. The smallest absolute Gasteiger partial charge is 0.284 e. The Hall–Kier alpha value is -1.80. The Morgan fingerprint density at radius 3 is 2.55 bits per heavy atom. The van der Waals surface area contributed by atoms with Crippen LogP contribution in [0.2, 0.25) is 0 Å². The molecule has 0 saturated heterocycles. The molecule has 0 spiro atoms. The fourth-order valence-electron chi connectivity index (χ4n) is 1.64. The van der Waals surface area contributed by atoms with Crippen molar-refractivity contribution in [3.63, 3.8) is 0 Å². The van der Waals surface area contributed by atoms with Crippen molar-refractivity contribution in [2.45, 2.75) is 6.18 Å². The molecular formula is C11H7ClF3N3OS. The second-order valence-electron chi connectivity index (χ2n) is 3.81. The lowest BCUT2D eigenvalue weighted by molar-refractivity contribution is -0.141. The second kappa shape index (κ2) is 4.95. The third-order valence-corrected chi connectivity index (χ3v) is 3.52. The molecule has 0 fully saturated rings. The molecule has 0 amide bonds. The van der Waals surface area contributed by atoms with Crippen LogP contribution in [0.1, 0.15) is 5.69 Å². The van der Waals surface area contributed by atoms with Gasteiger partial charge in [0.05, 0.1) is 10.2 Å². The number of benzene rings is 1. The van der Waals surface area contributed by atoms with Crippen LogP contribution in [0.15, 0.2) is 35.1 Å². The molecule has 106 valence electrons.